The van der Waals surface area contributed by atoms with Crippen LogP contribution in [-0.2, 0) is 4.79 Å². The van der Waals surface area contributed by atoms with E-state index in [1.165, 1.54) is 0 Å². The lowest BCUT2D eigenvalue weighted by Crippen LogP contribution is -2.53. The molecule has 0 aromatic heterocycles. The summed E-state index contributed by atoms with van der Waals surface area (Å²) in [5.74, 6) is 0.198. The number of carbonyl (C=O) groups is 1. The number of nitrogens with two attached hydrogens (primary N) is 1. The summed E-state index contributed by atoms with van der Waals surface area (Å²) in [6.45, 7) is 9.28. The lowest BCUT2D eigenvalue weighted by atomic mass is 10.0. The predicted octanol–water partition coefficient (Wildman–Crippen LogP) is 0.570. The highest BCUT2D eigenvalue weighted by Crippen LogP contribution is 2.10. The summed E-state index contributed by atoms with van der Waals surface area (Å²) >= 11 is 0. The molecule has 2 atom stereocenters. The SMILES string of the molecule is CCN1CCCC(NC(=O)[C@H](N)C(C)C)C1. The summed E-state index contributed by atoms with van der Waals surface area (Å²) in [5, 5.41) is 3.06. The molecule has 94 valence electrons. The Morgan fingerprint density at radius 3 is 2.81 bits per heavy atom. The van der Waals surface area contributed by atoms with E-state index in [0.717, 1.165) is 32.5 Å². The van der Waals surface area contributed by atoms with Crippen LogP contribution in [0.5, 0.6) is 0 Å². The minimum absolute atomic E-state index is 0.00190. The van der Waals surface area contributed by atoms with Gasteiger partial charge in [-0.1, -0.05) is 20.8 Å². The van der Waals surface area contributed by atoms with Crippen LogP contribution in [0, 0.1) is 5.92 Å². The number of nitrogens with zero attached hydrogens (tertiary/aromatic N) is 1. The predicted molar refractivity (Wildman–Crippen MR) is 66.1 cm³/mol. The summed E-state index contributed by atoms with van der Waals surface area (Å²) in [5.41, 5.74) is 5.82. The number of amides is 1. The van der Waals surface area contributed by atoms with Crippen LogP contribution in [0.4, 0.5) is 0 Å². The van der Waals surface area contributed by atoms with Gasteiger partial charge in [0.15, 0.2) is 0 Å². The van der Waals surface area contributed by atoms with Crippen molar-refractivity contribution < 1.29 is 4.79 Å². The van der Waals surface area contributed by atoms with E-state index in [4.69, 9.17) is 5.73 Å². The molecule has 1 unspecified atom stereocenters. The molecule has 4 heteroatoms. The molecule has 0 spiro atoms. The third-order valence-corrected chi connectivity index (χ3v) is 3.32. The highest BCUT2D eigenvalue weighted by molar-refractivity contribution is 5.82. The lowest BCUT2D eigenvalue weighted by Gasteiger charge is -2.33. The molecule has 1 rings (SSSR count). The van der Waals surface area contributed by atoms with Gasteiger partial charge < -0.3 is 16.0 Å². The number of hydrogen-bond donors (Lipinski definition) is 2. The molecule has 0 saturated carbocycles. The Labute approximate surface area is 98.6 Å². The Bertz CT molecular complexity index is 230. The van der Waals surface area contributed by atoms with Gasteiger partial charge in [-0.15, -0.1) is 0 Å². The van der Waals surface area contributed by atoms with E-state index < -0.39 is 0 Å². The van der Waals surface area contributed by atoms with Gasteiger partial charge >= 0.3 is 0 Å². The first-order valence-electron chi connectivity index (χ1n) is 6.33. The zero-order valence-corrected chi connectivity index (χ0v) is 10.7. The molecule has 1 saturated heterocycles. The van der Waals surface area contributed by atoms with Crippen molar-refractivity contribution in [2.24, 2.45) is 11.7 Å². The first-order valence-corrected chi connectivity index (χ1v) is 6.33. The van der Waals surface area contributed by atoms with Crippen molar-refractivity contribution in [1.29, 1.82) is 0 Å². The van der Waals surface area contributed by atoms with E-state index in [0.29, 0.717) is 0 Å². The van der Waals surface area contributed by atoms with E-state index in [-0.39, 0.29) is 23.9 Å². The molecule has 1 fully saturated rings. The Morgan fingerprint density at radius 2 is 2.25 bits per heavy atom. The third-order valence-electron chi connectivity index (χ3n) is 3.32. The van der Waals surface area contributed by atoms with E-state index in [9.17, 15) is 4.79 Å². The van der Waals surface area contributed by atoms with Crippen LogP contribution in [0.1, 0.15) is 33.6 Å². The van der Waals surface area contributed by atoms with Crippen molar-refractivity contribution >= 4 is 5.91 Å². The lowest BCUT2D eigenvalue weighted by molar-refractivity contribution is -0.124. The number of hydrogen-bond acceptors (Lipinski definition) is 3. The van der Waals surface area contributed by atoms with Crippen LogP contribution in [0.25, 0.3) is 0 Å². The molecule has 16 heavy (non-hydrogen) atoms. The van der Waals surface area contributed by atoms with Crippen LogP contribution in [0.3, 0.4) is 0 Å². The van der Waals surface area contributed by atoms with Gasteiger partial charge in [0.05, 0.1) is 6.04 Å². The average Bonchev–Trinajstić information content (AvgIpc) is 2.28. The summed E-state index contributed by atoms with van der Waals surface area (Å²) in [7, 11) is 0. The van der Waals surface area contributed by atoms with Gasteiger partial charge in [-0.25, -0.2) is 0 Å². The van der Waals surface area contributed by atoms with E-state index in [2.05, 4.69) is 17.1 Å². The van der Waals surface area contributed by atoms with Crippen LogP contribution in [0.15, 0.2) is 0 Å². The number of rotatable bonds is 4. The Hall–Kier alpha value is -0.610. The Balaban J connectivity index is 2.38. The topological polar surface area (TPSA) is 58.4 Å². The molecular formula is C12H25N3O. The van der Waals surface area contributed by atoms with Crippen LogP contribution >= 0.6 is 0 Å². The number of likely N-dealkylation sites (N-methyl/N-ethyl adjacent to an activating group) is 1. The van der Waals surface area contributed by atoms with Crippen LogP contribution < -0.4 is 11.1 Å². The van der Waals surface area contributed by atoms with E-state index >= 15 is 0 Å². The van der Waals surface area contributed by atoms with Crippen molar-refractivity contribution in [2.45, 2.75) is 45.7 Å². The average molecular weight is 227 g/mol. The number of nitrogens with one attached hydrogen (secondary N) is 1. The van der Waals surface area contributed by atoms with Crippen molar-refractivity contribution in [1.82, 2.24) is 10.2 Å². The monoisotopic (exact) mass is 227 g/mol. The summed E-state index contributed by atoms with van der Waals surface area (Å²) in [6, 6.07) is -0.0944. The summed E-state index contributed by atoms with van der Waals surface area (Å²) < 4.78 is 0. The molecule has 3 N–H and O–H groups in total. The van der Waals surface area contributed by atoms with Gasteiger partial charge in [0.2, 0.25) is 5.91 Å². The smallest absolute Gasteiger partial charge is 0.237 e. The summed E-state index contributed by atoms with van der Waals surface area (Å²) in [4.78, 5) is 14.2. The van der Waals surface area contributed by atoms with Crippen molar-refractivity contribution in [3.05, 3.63) is 0 Å². The fourth-order valence-electron chi connectivity index (χ4n) is 2.06. The molecule has 4 nitrogen and oxygen atoms in total. The van der Waals surface area contributed by atoms with E-state index in [1.807, 2.05) is 13.8 Å². The normalized spacial score (nSPS) is 24.4. The van der Waals surface area contributed by atoms with E-state index in [1.54, 1.807) is 0 Å². The largest absolute Gasteiger partial charge is 0.351 e. The minimum Gasteiger partial charge on any atom is -0.351 e. The van der Waals surface area contributed by atoms with Crippen molar-refractivity contribution in [2.75, 3.05) is 19.6 Å². The maximum atomic E-state index is 11.8. The number of carbonyl (C=O) groups excluding carboxylic acids is 1. The van der Waals surface area contributed by atoms with Gasteiger partial charge in [0.25, 0.3) is 0 Å². The third kappa shape index (κ3) is 3.76. The number of piperidine rings is 1. The van der Waals surface area contributed by atoms with Crippen molar-refractivity contribution in [3.8, 4) is 0 Å². The van der Waals surface area contributed by atoms with Crippen LogP contribution in [0.2, 0.25) is 0 Å². The molecule has 0 aliphatic carbocycles. The molecule has 0 bridgehead atoms. The van der Waals surface area contributed by atoms with Gasteiger partial charge in [0, 0.05) is 12.6 Å². The zero-order chi connectivity index (χ0) is 12.1. The van der Waals surface area contributed by atoms with Crippen molar-refractivity contribution in [3.63, 3.8) is 0 Å². The van der Waals surface area contributed by atoms with Gasteiger partial charge in [0.1, 0.15) is 0 Å². The summed E-state index contributed by atoms with van der Waals surface area (Å²) in [6.07, 6.45) is 2.24. The fourth-order valence-corrected chi connectivity index (χ4v) is 2.06. The molecule has 1 heterocycles. The molecular weight excluding hydrogens is 202 g/mol. The molecule has 0 aromatic carbocycles. The highest BCUT2D eigenvalue weighted by Gasteiger charge is 2.23. The quantitative estimate of drug-likeness (QED) is 0.738. The minimum atomic E-state index is -0.378. The molecule has 1 aliphatic heterocycles. The Kier molecular flexibility index (Phi) is 5.22. The molecule has 1 amide bonds. The first kappa shape index (κ1) is 13.5. The van der Waals surface area contributed by atoms with Gasteiger partial charge in [-0.05, 0) is 31.8 Å². The maximum Gasteiger partial charge on any atom is 0.237 e. The second-order valence-electron chi connectivity index (χ2n) is 5.01. The van der Waals surface area contributed by atoms with Gasteiger partial charge in [-0.2, -0.15) is 0 Å². The number of likely N-dealkylation sites (tertiary alicyclic amines) is 1. The first-order chi connectivity index (χ1) is 7.54. The standard InChI is InChI=1S/C12H25N3O/c1-4-15-7-5-6-10(8-15)14-12(16)11(13)9(2)3/h9-11H,4-8,13H2,1-3H3,(H,14,16)/t10?,11-/m1/s1. The van der Waals surface area contributed by atoms with Gasteiger partial charge in [-0.3, -0.25) is 4.79 Å². The second-order valence-corrected chi connectivity index (χ2v) is 5.01. The van der Waals surface area contributed by atoms with Crippen LogP contribution in [-0.4, -0.2) is 42.5 Å². The zero-order valence-electron chi connectivity index (χ0n) is 10.7. The second kappa shape index (κ2) is 6.21. The Morgan fingerprint density at radius 1 is 1.56 bits per heavy atom. The molecule has 1 aliphatic rings. The highest BCUT2D eigenvalue weighted by atomic mass is 16.2. The molecule has 0 aromatic rings. The fraction of sp³-hybridized carbons (Fsp3) is 0.917. The molecule has 0 radical (unpaired) electrons. The maximum absolute atomic E-state index is 11.8.